The summed E-state index contributed by atoms with van der Waals surface area (Å²) in [6, 6.07) is 4.89. The van der Waals surface area contributed by atoms with E-state index in [-0.39, 0.29) is 0 Å². The molecule has 1 rings (SSSR count). The molecule has 0 fully saturated rings. The Labute approximate surface area is 120 Å². The molecule has 0 spiro atoms. The van der Waals surface area contributed by atoms with Crippen molar-refractivity contribution in [3.63, 3.8) is 0 Å². The summed E-state index contributed by atoms with van der Waals surface area (Å²) in [4.78, 5) is 11.3. The van der Waals surface area contributed by atoms with Crippen LogP contribution >= 0.6 is 0 Å². The molecule has 0 saturated carbocycles. The third kappa shape index (κ3) is 4.51. The van der Waals surface area contributed by atoms with Crippen LogP contribution in [-0.4, -0.2) is 17.9 Å². The first-order valence-electron chi connectivity index (χ1n) is 6.78. The summed E-state index contributed by atoms with van der Waals surface area (Å²) in [5.41, 5.74) is 0.188. The van der Waals surface area contributed by atoms with Gasteiger partial charge in [-0.05, 0) is 18.4 Å². The second kappa shape index (κ2) is 7.00. The molecule has 0 amide bonds. The minimum absolute atomic E-state index is 0.630. The van der Waals surface area contributed by atoms with Gasteiger partial charge in [-0.25, -0.2) is 0 Å². The number of hydrogen-bond acceptors (Lipinski definition) is 1. The van der Waals surface area contributed by atoms with Crippen molar-refractivity contribution in [1.82, 2.24) is 0 Å². The number of carbonyl (C=O) groups is 1. The number of rotatable bonds is 7. The van der Waals surface area contributed by atoms with E-state index in [1.54, 1.807) is 0 Å². The zero-order valence-electron chi connectivity index (χ0n) is 11.6. The predicted octanol–water partition coefficient (Wildman–Crippen LogP) is 5.19. The van der Waals surface area contributed by atoms with Crippen LogP contribution in [0.25, 0.3) is 0 Å². The molecular formula is C15H17F5O. The number of alkyl halides is 5. The monoisotopic (exact) mass is 308 g/mol. The average Bonchev–Trinajstić information content (AvgIpc) is 2.42. The van der Waals surface area contributed by atoms with Crippen LogP contribution in [0.4, 0.5) is 22.0 Å². The van der Waals surface area contributed by atoms with Gasteiger partial charge in [-0.15, -0.1) is 0 Å². The number of ketones is 1. The molecule has 1 aromatic rings. The van der Waals surface area contributed by atoms with Gasteiger partial charge in [0.05, 0.1) is 0 Å². The molecule has 0 bridgehead atoms. The molecule has 0 aromatic heterocycles. The van der Waals surface area contributed by atoms with E-state index < -0.39 is 23.4 Å². The molecule has 0 saturated heterocycles. The number of carbonyl (C=O) groups excluding carboxylic acids is 1. The maximum atomic E-state index is 12.9. The molecule has 0 aliphatic rings. The standard InChI is InChI=1S/C15H17F5O/c1-2-3-4-5-6-11-7-9-12(10-8-11)13(21)14(16,17)15(18,19)20/h7-10H,2-6H2,1H3. The summed E-state index contributed by atoms with van der Waals surface area (Å²) in [6.45, 7) is 2.07. The van der Waals surface area contributed by atoms with Crippen molar-refractivity contribution < 1.29 is 26.7 Å². The van der Waals surface area contributed by atoms with E-state index in [1.807, 2.05) is 0 Å². The van der Waals surface area contributed by atoms with Crippen molar-refractivity contribution in [2.24, 2.45) is 0 Å². The van der Waals surface area contributed by atoms with Crippen LogP contribution in [0.2, 0.25) is 0 Å². The van der Waals surface area contributed by atoms with Gasteiger partial charge in [0.1, 0.15) is 0 Å². The topological polar surface area (TPSA) is 17.1 Å². The highest BCUT2D eigenvalue weighted by Gasteiger charge is 2.63. The smallest absolute Gasteiger partial charge is 0.287 e. The Morgan fingerprint density at radius 1 is 0.952 bits per heavy atom. The highest BCUT2D eigenvalue weighted by atomic mass is 19.4. The molecule has 6 heteroatoms. The Morgan fingerprint density at radius 2 is 1.52 bits per heavy atom. The summed E-state index contributed by atoms with van der Waals surface area (Å²) >= 11 is 0. The van der Waals surface area contributed by atoms with Gasteiger partial charge >= 0.3 is 12.1 Å². The number of Topliss-reactive ketones (excluding diaryl/α,β-unsaturated/α-hetero) is 1. The maximum Gasteiger partial charge on any atom is 0.461 e. The molecule has 118 valence electrons. The van der Waals surface area contributed by atoms with Gasteiger partial charge in [0, 0.05) is 5.56 Å². The van der Waals surface area contributed by atoms with Gasteiger partial charge in [0.2, 0.25) is 5.78 Å². The largest absolute Gasteiger partial charge is 0.461 e. The Morgan fingerprint density at radius 3 is 2.00 bits per heavy atom. The minimum atomic E-state index is -5.87. The van der Waals surface area contributed by atoms with Crippen LogP contribution in [0.3, 0.4) is 0 Å². The maximum absolute atomic E-state index is 12.9. The summed E-state index contributed by atoms with van der Waals surface area (Å²) in [6.07, 6.45) is -1.04. The summed E-state index contributed by atoms with van der Waals surface area (Å²) < 4.78 is 62.2. The van der Waals surface area contributed by atoms with E-state index in [0.717, 1.165) is 43.4 Å². The van der Waals surface area contributed by atoms with Crippen molar-refractivity contribution in [2.45, 2.75) is 51.1 Å². The molecule has 21 heavy (non-hydrogen) atoms. The Kier molecular flexibility index (Phi) is 5.87. The fourth-order valence-corrected chi connectivity index (χ4v) is 1.89. The van der Waals surface area contributed by atoms with Crippen LogP contribution in [0.15, 0.2) is 24.3 Å². The van der Waals surface area contributed by atoms with Crippen molar-refractivity contribution >= 4 is 5.78 Å². The Bertz CT molecular complexity index is 462. The van der Waals surface area contributed by atoms with Crippen LogP contribution in [0, 0.1) is 0 Å². The first-order valence-corrected chi connectivity index (χ1v) is 6.78. The average molecular weight is 308 g/mol. The quantitative estimate of drug-likeness (QED) is 0.385. The zero-order valence-corrected chi connectivity index (χ0v) is 11.6. The lowest BCUT2D eigenvalue weighted by atomic mass is 10.0. The molecule has 0 radical (unpaired) electrons. The molecule has 0 atom stereocenters. The van der Waals surface area contributed by atoms with Gasteiger partial charge in [-0.3, -0.25) is 4.79 Å². The predicted molar refractivity (Wildman–Crippen MR) is 69.6 cm³/mol. The Balaban J connectivity index is 2.72. The third-order valence-corrected chi connectivity index (χ3v) is 3.18. The van der Waals surface area contributed by atoms with Crippen LogP contribution in [0.5, 0.6) is 0 Å². The normalized spacial score (nSPS) is 12.5. The van der Waals surface area contributed by atoms with Gasteiger partial charge in [-0.2, -0.15) is 22.0 Å². The fourth-order valence-electron chi connectivity index (χ4n) is 1.89. The molecule has 0 aliphatic carbocycles. The number of hydrogen-bond donors (Lipinski definition) is 0. The Hall–Kier alpha value is -1.46. The van der Waals surface area contributed by atoms with Crippen molar-refractivity contribution in [1.29, 1.82) is 0 Å². The summed E-state index contributed by atoms with van der Waals surface area (Å²) in [7, 11) is 0. The van der Waals surface area contributed by atoms with E-state index in [1.165, 1.54) is 12.1 Å². The van der Waals surface area contributed by atoms with E-state index in [4.69, 9.17) is 0 Å². The molecule has 0 N–H and O–H groups in total. The van der Waals surface area contributed by atoms with Gasteiger partial charge in [0.25, 0.3) is 0 Å². The zero-order chi connectivity index (χ0) is 16.1. The number of benzene rings is 1. The van der Waals surface area contributed by atoms with Crippen LogP contribution in [-0.2, 0) is 6.42 Å². The van der Waals surface area contributed by atoms with E-state index in [0.29, 0.717) is 6.42 Å². The summed E-state index contributed by atoms with van der Waals surface area (Å²) in [5.74, 6) is -7.57. The van der Waals surface area contributed by atoms with Gasteiger partial charge in [-0.1, -0.05) is 50.5 Å². The van der Waals surface area contributed by atoms with E-state index in [2.05, 4.69) is 6.92 Å². The second-order valence-electron chi connectivity index (χ2n) is 4.91. The lowest BCUT2D eigenvalue weighted by molar-refractivity contribution is -0.255. The van der Waals surface area contributed by atoms with Crippen LogP contribution < -0.4 is 0 Å². The van der Waals surface area contributed by atoms with Crippen molar-refractivity contribution in [3.8, 4) is 0 Å². The summed E-state index contributed by atoms with van der Waals surface area (Å²) in [5, 5.41) is 0. The van der Waals surface area contributed by atoms with Gasteiger partial charge < -0.3 is 0 Å². The first kappa shape index (κ1) is 17.6. The SMILES string of the molecule is CCCCCCc1ccc(C(=O)C(F)(F)C(F)(F)F)cc1. The molecular weight excluding hydrogens is 291 g/mol. The molecule has 0 aliphatic heterocycles. The number of halogens is 5. The molecule has 0 heterocycles. The third-order valence-electron chi connectivity index (χ3n) is 3.18. The molecule has 1 nitrogen and oxygen atoms in total. The highest BCUT2D eigenvalue weighted by Crippen LogP contribution is 2.37. The van der Waals surface area contributed by atoms with E-state index >= 15 is 0 Å². The molecule has 0 unspecified atom stereocenters. The number of unbranched alkanes of at least 4 members (excludes halogenated alkanes) is 3. The minimum Gasteiger partial charge on any atom is -0.287 e. The lowest BCUT2D eigenvalue weighted by Crippen LogP contribution is -2.44. The highest BCUT2D eigenvalue weighted by molar-refractivity contribution is 6.01. The van der Waals surface area contributed by atoms with Crippen molar-refractivity contribution in [3.05, 3.63) is 35.4 Å². The van der Waals surface area contributed by atoms with Gasteiger partial charge in [0.15, 0.2) is 0 Å². The molecule has 1 aromatic carbocycles. The van der Waals surface area contributed by atoms with Crippen LogP contribution in [0.1, 0.15) is 48.5 Å². The number of aryl methyl sites for hydroxylation is 1. The lowest BCUT2D eigenvalue weighted by Gasteiger charge is -2.18. The second-order valence-corrected chi connectivity index (χ2v) is 4.91. The van der Waals surface area contributed by atoms with E-state index in [9.17, 15) is 26.7 Å². The van der Waals surface area contributed by atoms with Crippen molar-refractivity contribution in [2.75, 3.05) is 0 Å². The first-order chi connectivity index (χ1) is 9.70. The fraction of sp³-hybridized carbons (Fsp3) is 0.533.